The van der Waals surface area contributed by atoms with Crippen LogP contribution >= 0.6 is 11.6 Å². The Morgan fingerprint density at radius 1 is 1.20 bits per heavy atom. The van der Waals surface area contributed by atoms with E-state index in [2.05, 4.69) is 20.6 Å². The highest BCUT2D eigenvalue weighted by atomic mass is 35.5. The van der Waals surface area contributed by atoms with Gasteiger partial charge in [-0.3, -0.25) is 0 Å². The number of rotatable bonds is 4. The highest BCUT2D eigenvalue weighted by molar-refractivity contribution is 6.31. The van der Waals surface area contributed by atoms with Crippen LogP contribution in [-0.2, 0) is 0 Å². The molecule has 2 N–H and O–H groups in total. The number of aromatic nitrogens is 2. The summed E-state index contributed by atoms with van der Waals surface area (Å²) < 4.78 is 13.2. The quantitative estimate of drug-likeness (QED) is 0.893. The monoisotopic (exact) mass is 294 g/mol. The van der Waals surface area contributed by atoms with E-state index < -0.39 is 5.82 Å². The number of nitrogens with zero attached hydrogens (tertiary/aromatic N) is 2. The molecule has 0 aliphatic heterocycles. The summed E-state index contributed by atoms with van der Waals surface area (Å²) >= 11 is 5.77. The first-order valence-electron chi connectivity index (χ1n) is 6.32. The minimum atomic E-state index is -0.443. The Bertz CT molecular complexity index is 631. The zero-order chi connectivity index (χ0) is 14.7. The fraction of sp³-hybridized carbons (Fsp3) is 0.286. The molecule has 4 nitrogen and oxygen atoms in total. The first-order valence-corrected chi connectivity index (χ1v) is 6.70. The molecule has 0 spiro atoms. The molecule has 1 aromatic carbocycles. The zero-order valence-electron chi connectivity index (χ0n) is 11.6. The Hall–Kier alpha value is -1.88. The summed E-state index contributed by atoms with van der Waals surface area (Å²) in [6.45, 7) is 6.52. The zero-order valence-corrected chi connectivity index (χ0v) is 12.3. The molecule has 0 saturated carbocycles. The summed E-state index contributed by atoms with van der Waals surface area (Å²) in [5.41, 5.74) is 1.58. The second kappa shape index (κ2) is 6.05. The van der Waals surface area contributed by atoms with Gasteiger partial charge in [0.25, 0.3) is 0 Å². The molecule has 106 valence electrons. The summed E-state index contributed by atoms with van der Waals surface area (Å²) in [6.07, 6.45) is 0. The van der Waals surface area contributed by atoms with Crippen molar-refractivity contribution in [1.29, 1.82) is 0 Å². The standard InChI is InChI=1S/C14H16ClFN4/c1-4-17-13-8(2)14(19-9(3)18-13)20-10-5-6-12(16)11(15)7-10/h5-7H,4H2,1-3H3,(H2,17,18,19,20). The maximum absolute atomic E-state index is 13.2. The van der Waals surface area contributed by atoms with Gasteiger partial charge in [0.2, 0.25) is 0 Å². The number of halogens is 2. The molecule has 0 aliphatic rings. The predicted molar refractivity (Wildman–Crippen MR) is 80.4 cm³/mol. The number of hydrogen-bond acceptors (Lipinski definition) is 4. The molecular weight excluding hydrogens is 279 g/mol. The van der Waals surface area contributed by atoms with E-state index in [1.54, 1.807) is 6.07 Å². The summed E-state index contributed by atoms with van der Waals surface area (Å²) in [5, 5.41) is 6.40. The molecule has 0 bridgehead atoms. The first-order chi connectivity index (χ1) is 9.51. The number of benzene rings is 1. The van der Waals surface area contributed by atoms with Crippen LogP contribution in [0.3, 0.4) is 0 Å². The molecule has 2 rings (SSSR count). The van der Waals surface area contributed by atoms with Crippen LogP contribution in [0.5, 0.6) is 0 Å². The highest BCUT2D eigenvalue weighted by Gasteiger charge is 2.09. The van der Waals surface area contributed by atoms with E-state index in [1.807, 2.05) is 20.8 Å². The molecule has 0 aliphatic carbocycles. The molecule has 0 unspecified atom stereocenters. The van der Waals surface area contributed by atoms with E-state index >= 15 is 0 Å². The van der Waals surface area contributed by atoms with Crippen molar-refractivity contribution in [3.8, 4) is 0 Å². The van der Waals surface area contributed by atoms with E-state index in [9.17, 15) is 4.39 Å². The molecule has 0 radical (unpaired) electrons. The molecule has 6 heteroatoms. The lowest BCUT2D eigenvalue weighted by molar-refractivity contribution is 0.628. The fourth-order valence-electron chi connectivity index (χ4n) is 1.80. The van der Waals surface area contributed by atoms with Crippen LogP contribution in [0.4, 0.5) is 21.7 Å². The third-order valence-electron chi connectivity index (χ3n) is 2.78. The van der Waals surface area contributed by atoms with E-state index in [4.69, 9.17) is 11.6 Å². The van der Waals surface area contributed by atoms with Gasteiger partial charge in [0, 0.05) is 17.8 Å². The first kappa shape index (κ1) is 14.5. The molecule has 0 atom stereocenters. The van der Waals surface area contributed by atoms with E-state index in [0.717, 1.165) is 17.9 Å². The predicted octanol–water partition coefficient (Wildman–Crippen LogP) is 4.06. The van der Waals surface area contributed by atoms with Gasteiger partial charge in [-0.05, 0) is 39.0 Å². The number of hydrogen-bond donors (Lipinski definition) is 2. The molecule has 1 heterocycles. The number of nitrogens with one attached hydrogen (secondary N) is 2. The van der Waals surface area contributed by atoms with Crippen molar-refractivity contribution in [3.63, 3.8) is 0 Å². The van der Waals surface area contributed by atoms with Crippen LogP contribution < -0.4 is 10.6 Å². The third-order valence-corrected chi connectivity index (χ3v) is 3.07. The van der Waals surface area contributed by atoms with Crippen LogP contribution in [0, 0.1) is 19.7 Å². The second-order valence-corrected chi connectivity index (χ2v) is 4.78. The molecule has 0 fully saturated rings. The van der Waals surface area contributed by atoms with Gasteiger partial charge >= 0.3 is 0 Å². The fourth-order valence-corrected chi connectivity index (χ4v) is 1.98. The summed E-state index contributed by atoms with van der Waals surface area (Å²) in [5.74, 6) is 1.68. The van der Waals surface area contributed by atoms with Crippen LogP contribution in [0.15, 0.2) is 18.2 Å². The topological polar surface area (TPSA) is 49.8 Å². The average Bonchev–Trinajstić information content (AvgIpc) is 2.39. The molecular formula is C14H16ClFN4. The summed E-state index contributed by atoms with van der Waals surface area (Å²) in [4.78, 5) is 8.71. The third kappa shape index (κ3) is 3.17. The SMILES string of the molecule is CCNc1nc(C)nc(Nc2ccc(F)c(Cl)c2)c1C. The van der Waals surface area contributed by atoms with Crippen LogP contribution in [0.2, 0.25) is 5.02 Å². The van der Waals surface area contributed by atoms with Crippen molar-refractivity contribution >= 4 is 28.9 Å². The lowest BCUT2D eigenvalue weighted by Crippen LogP contribution is -2.07. The molecule has 0 amide bonds. The Morgan fingerprint density at radius 2 is 1.90 bits per heavy atom. The smallest absolute Gasteiger partial charge is 0.141 e. The van der Waals surface area contributed by atoms with Gasteiger partial charge < -0.3 is 10.6 Å². The van der Waals surface area contributed by atoms with Crippen molar-refractivity contribution in [2.24, 2.45) is 0 Å². The number of anilines is 3. The van der Waals surface area contributed by atoms with Crippen molar-refractivity contribution in [2.75, 3.05) is 17.2 Å². The van der Waals surface area contributed by atoms with Crippen molar-refractivity contribution < 1.29 is 4.39 Å². The van der Waals surface area contributed by atoms with Crippen LogP contribution in [-0.4, -0.2) is 16.5 Å². The second-order valence-electron chi connectivity index (χ2n) is 4.38. The maximum atomic E-state index is 13.2. The van der Waals surface area contributed by atoms with Crippen LogP contribution in [0.25, 0.3) is 0 Å². The van der Waals surface area contributed by atoms with Crippen molar-refractivity contribution in [1.82, 2.24) is 9.97 Å². The Labute approximate surface area is 122 Å². The largest absolute Gasteiger partial charge is 0.370 e. The highest BCUT2D eigenvalue weighted by Crippen LogP contribution is 2.26. The molecule has 1 aromatic heterocycles. The molecule has 2 aromatic rings. The van der Waals surface area contributed by atoms with E-state index in [0.29, 0.717) is 17.3 Å². The Kier molecular flexibility index (Phi) is 4.39. The molecule has 0 saturated heterocycles. The van der Waals surface area contributed by atoms with Gasteiger partial charge in [-0.15, -0.1) is 0 Å². The average molecular weight is 295 g/mol. The minimum absolute atomic E-state index is 0.0744. The van der Waals surface area contributed by atoms with Crippen molar-refractivity contribution in [2.45, 2.75) is 20.8 Å². The minimum Gasteiger partial charge on any atom is -0.370 e. The molecule has 20 heavy (non-hydrogen) atoms. The van der Waals surface area contributed by atoms with Crippen LogP contribution in [0.1, 0.15) is 18.3 Å². The summed E-state index contributed by atoms with van der Waals surface area (Å²) in [7, 11) is 0. The number of aryl methyl sites for hydroxylation is 1. The lowest BCUT2D eigenvalue weighted by Gasteiger charge is -2.13. The Morgan fingerprint density at radius 3 is 2.55 bits per heavy atom. The van der Waals surface area contributed by atoms with Gasteiger partial charge in [0.15, 0.2) is 0 Å². The van der Waals surface area contributed by atoms with Gasteiger partial charge in [-0.25, -0.2) is 14.4 Å². The summed E-state index contributed by atoms with van der Waals surface area (Å²) in [6, 6.07) is 4.46. The van der Waals surface area contributed by atoms with Gasteiger partial charge in [-0.2, -0.15) is 0 Å². The van der Waals surface area contributed by atoms with E-state index in [-0.39, 0.29) is 5.02 Å². The lowest BCUT2D eigenvalue weighted by atomic mass is 10.2. The maximum Gasteiger partial charge on any atom is 0.141 e. The van der Waals surface area contributed by atoms with E-state index in [1.165, 1.54) is 12.1 Å². The normalized spacial score (nSPS) is 10.4. The van der Waals surface area contributed by atoms with Gasteiger partial charge in [-0.1, -0.05) is 11.6 Å². The van der Waals surface area contributed by atoms with Gasteiger partial charge in [0.1, 0.15) is 23.3 Å². The van der Waals surface area contributed by atoms with Crippen molar-refractivity contribution in [3.05, 3.63) is 40.4 Å². The Balaban J connectivity index is 2.35. The van der Waals surface area contributed by atoms with Gasteiger partial charge in [0.05, 0.1) is 5.02 Å².